The van der Waals surface area contributed by atoms with E-state index in [1.807, 2.05) is 24.3 Å². The fourth-order valence-electron chi connectivity index (χ4n) is 6.11. The second-order valence-electron chi connectivity index (χ2n) is 9.91. The Labute approximate surface area is 203 Å². The Morgan fingerprint density at radius 3 is 2.40 bits per heavy atom. The lowest BCUT2D eigenvalue weighted by atomic mass is 9.98. The van der Waals surface area contributed by atoms with Crippen molar-refractivity contribution in [1.29, 1.82) is 0 Å². The molecule has 3 unspecified atom stereocenters. The summed E-state index contributed by atoms with van der Waals surface area (Å²) in [6.07, 6.45) is 0.982. The molecule has 3 fully saturated rings. The second kappa shape index (κ2) is 8.68. The molecule has 0 aromatic heterocycles. The van der Waals surface area contributed by atoms with E-state index in [-0.39, 0.29) is 42.4 Å². The Morgan fingerprint density at radius 1 is 1.03 bits per heavy atom. The maximum absolute atomic E-state index is 13.1. The van der Waals surface area contributed by atoms with Crippen LogP contribution >= 0.6 is 0 Å². The quantitative estimate of drug-likeness (QED) is 0.664. The van der Waals surface area contributed by atoms with Gasteiger partial charge in [0.05, 0.1) is 12.1 Å². The lowest BCUT2D eigenvalue weighted by molar-refractivity contribution is -0.150. The summed E-state index contributed by atoms with van der Waals surface area (Å²) in [5.41, 5.74) is 4.66. The first-order valence-electron chi connectivity index (χ1n) is 12.3. The topological polar surface area (TPSA) is 105 Å². The summed E-state index contributed by atoms with van der Waals surface area (Å²) in [5, 5.41) is 12.4. The highest BCUT2D eigenvalue weighted by atomic mass is 16.5. The van der Waals surface area contributed by atoms with Gasteiger partial charge in [0.25, 0.3) is 0 Å². The minimum absolute atomic E-state index is 0.00111. The van der Waals surface area contributed by atoms with Gasteiger partial charge in [-0.15, -0.1) is 0 Å². The van der Waals surface area contributed by atoms with E-state index < -0.39 is 18.1 Å². The molecule has 0 spiro atoms. The number of ether oxygens (including phenoxy) is 2. The fourth-order valence-corrected chi connectivity index (χ4v) is 6.11. The van der Waals surface area contributed by atoms with Gasteiger partial charge in [-0.1, -0.05) is 48.5 Å². The summed E-state index contributed by atoms with van der Waals surface area (Å²) in [7, 11) is 0. The van der Waals surface area contributed by atoms with Crippen LogP contribution in [-0.2, 0) is 19.1 Å². The van der Waals surface area contributed by atoms with Gasteiger partial charge in [-0.2, -0.15) is 0 Å². The minimum Gasteiger partial charge on any atom is -0.480 e. The third-order valence-corrected chi connectivity index (χ3v) is 7.95. The van der Waals surface area contributed by atoms with Crippen LogP contribution in [0.4, 0.5) is 4.79 Å². The van der Waals surface area contributed by atoms with Crippen LogP contribution in [0.25, 0.3) is 11.1 Å². The van der Waals surface area contributed by atoms with E-state index in [2.05, 4.69) is 29.6 Å². The van der Waals surface area contributed by atoms with Crippen LogP contribution in [-0.4, -0.2) is 65.9 Å². The summed E-state index contributed by atoms with van der Waals surface area (Å²) in [4.78, 5) is 38.8. The molecule has 1 saturated carbocycles. The summed E-state index contributed by atoms with van der Waals surface area (Å²) in [6.45, 7) is 1.14. The molecular weight excluding hydrogens is 448 g/mol. The number of hydrogen-bond donors (Lipinski definition) is 2. The molecule has 6 rings (SSSR count). The summed E-state index contributed by atoms with van der Waals surface area (Å²) in [5.74, 6) is -1.38. The molecule has 2 aliphatic heterocycles. The average Bonchev–Trinajstić information content (AvgIpc) is 3.18. The summed E-state index contributed by atoms with van der Waals surface area (Å²) >= 11 is 0. The normalized spacial score (nSPS) is 28.2. The first kappa shape index (κ1) is 22.1. The predicted octanol–water partition coefficient (Wildman–Crippen LogP) is 3.00. The molecule has 0 radical (unpaired) electrons. The first-order valence-corrected chi connectivity index (χ1v) is 12.3. The van der Waals surface area contributed by atoms with Gasteiger partial charge in [-0.25, -0.2) is 9.59 Å². The number of alkyl carbamates (subject to hydrolysis) is 1. The monoisotopic (exact) mass is 476 g/mol. The second-order valence-corrected chi connectivity index (χ2v) is 9.91. The van der Waals surface area contributed by atoms with Gasteiger partial charge in [0, 0.05) is 31.4 Å². The van der Waals surface area contributed by atoms with Crippen molar-refractivity contribution in [1.82, 2.24) is 10.2 Å². The van der Waals surface area contributed by atoms with Gasteiger partial charge in [0.2, 0.25) is 5.91 Å². The van der Waals surface area contributed by atoms with E-state index in [4.69, 9.17) is 9.47 Å². The molecule has 2 aromatic rings. The van der Waals surface area contributed by atoms with Crippen molar-refractivity contribution >= 4 is 18.0 Å². The lowest BCUT2D eigenvalue weighted by Crippen LogP contribution is -2.46. The number of hydrogen-bond acceptors (Lipinski definition) is 5. The number of carbonyl (C=O) groups excluding carboxylic acids is 2. The molecule has 2 aliphatic carbocycles. The van der Waals surface area contributed by atoms with Crippen LogP contribution in [0.5, 0.6) is 0 Å². The Morgan fingerprint density at radius 2 is 1.71 bits per heavy atom. The molecule has 8 heteroatoms. The number of aliphatic carboxylic acids is 1. The van der Waals surface area contributed by atoms with Crippen molar-refractivity contribution in [3.63, 3.8) is 0 Å². The predicted molar refractivity (Wildman–Crippen MR) is 126 cm³/mol. The van der Waals surface area contributed by atoms with E-state index in [0.29, 0.717) is 32.4 Å². The maximum Gasteiger partial charge on any atom is 0.407 e. The van der Waals surface area contributed by atoms with Gasteiger partial charge in [-0.3, -0.25) is 4.79 Å². The number of likely N-dealkylation sites (tertiary alicyclic amines) is 1. The number of benzene rings is 2. The molecule has 2 N–H and O–H groups in total. The molecule has 4 aliphatic rings. The van der Waals surface area contributed by atoms with Gasteiger partial charge >= 0.3 is 12.1 Å². The molecule has 182 valence electrons. The number of nitrogens with one attached hydrogen (secondary N) is 1. The van der Waals surface area contributed by atoms with Crippen molar-refractivity contribution in [3.05, 3.63) is 59.7 Å². The molecule has 2 heterocycles. The molecular formula is C27H28N2O6. The van der Waals surface area contributed by atoms with Crippen molar-refractivity contribution in [2.24, 2.45) is 11.8 Å². The average molecular weight is 477 g/mol. The Bertz CT molecular complexity index is 1140. The van der Waals surface area contributed by atoms with Crippen LogP contribution in [0, 0.1) is 11.8 Å². The van der Waals surface area contributed by atoms with Gasteiger partial charge in [0.1, 0.15) is 12.6 Å². The SMILES string of the molecule is O=C(NCC1CC1C(=O)N1C(C(=O)O)C[C@@H]2OCC[C@@H]21)OCC1c2ccccc2-c2ccccc21. The zero-order chi connectivity index (χ0) is 24.1. The first-order chi connectivity index (χ1) is 17.0. The largest absolute Gasteiger partial charge is 0.480 e. The maximum atomic E-state index is 13.1. The highest BCUT2D eigenvalue weighted by molar-refractivity contribution is 5.88. The van der Waals surface area contributed by atoms with Crippen molar-refractivity contribution in [2.45, 2.75) is 43.4 Å². The van der Waals surface area contributed by atoms with E-state index in [0.717, 1.165) is 11.1 Å². The molecule has 35 heavy (non-hydrogen) atoms. The highest BCUT2D eigenvalue weighted by Crippen LogP contribution is 2.45. The summed E-state index contributed by atoms with van der Waals surface area (Å²) in [6, 6.07) is 15.4. The van der Waals surface area contributed by atoms with E-state index in [1.165, 1.54) is 16.0 Å². The third-order valence-electron chi connectivity index (χ3n) is 7.95. The number of amides is 2. The molecule has 2 amide bonds. The number of carboxylic acids is 1. The van der Waals surface area contributed by atoms with Crippen molar-refractivity contribution in [2.75, 3.05) is 19.8 Å². The van der Waals surface area contributed by atoms with Gasteiger partial charge in [0.15, 0.2) is 0 Å². The molecule has 8 nitrogen and oxygen atoms in total. The van der Waals surface area contributed by atoms with Crippen LogP contribution in [0.15, 0.2) is 48.5 Å². The number of nitrogens with zero attached hydrogens (tertiary/aromatic N) is 1. The fraction of sp³-hybridized carbons (Fsp3) is 0.444. The zero-order valence-electron chi connectivity index (χ0n) is 19.3. The van der Waals surface area contributed by atoms with E-state index in [1.54, 1.807) is 0 Å². The Kier molecular flexibility index (Phi) is 5.48. The Hall–Kier alpha value is -3.39. The zero-order valence-corrected chi connectivity index (χ0v) is 19.3. The van der Waals surface area contributed by atoms with Crippen molar-refractivity contribution < 1.29 is 29.0 Å². The van der Waals surface area contributed by atoms with Crippen LogP contribution < -0.4 is 5.32 Å². The van der Waals surface area contributed by atoms with Gasteiger partial charge in [-0.05, 0) is 41.0 Å². The van der Waals surface area contributed by atoms with Crippen LogP contribution in [0.2, 0.25) is 0 Å². The molecule has 2 saturated heterocycles. The lowest BCUT2D eigenvalue weighted by Gasteiger charge is -2.27. The summed E-state index contributed by atoms with van der Waals surface area (Å²) < 4.78 is 11.2. The molecule has 5 atom stereocenters. The van der Waals surface area contributed by atoms with E-state index in [9.17, 15) is 19.5 Å². The number of carbonyl (C=O) groups is 3. The number of fused-ring (bicyclic) bond motifs is 4. The standard InChI is InChI=1S/C27H28N2O6/c30-25(29-22-9-10-34-24(22)12-23(29)26(31)32)20-11-15(20)13-28-27(33)35-14-21-18-7-3-1-5-16(18)17-6-2-4-8-19(17)21/h1-8,15,20-24H,9-14H2,(H,28,33)(H,31,32)/t15?,20?,22-,23?,24-/m0/s1. The van der Waals surface area contributed by atoms with Crippen LogP contribution in [0.3, 0.4) is 0 Å². The molecule has 0 bridgehead atoms. The smallest absolute Gasteiger partial charge is 0.407 e. The Balaban J connectivity index is 1.02. The third kappa shape index (κ3) is 3.86. The number of rotatable bonds is 6. The van der Waals surface area contributed by atoms with Crippen molar-refractivity contribution in [3.8, 4) is 11.1 Å². The minimum atomic E-state index is -0.981. The van der Waals surface area contributed by atoms with Gasteiger partial charge < -0.3 is 24.8 Å². The van der Waals surface area contributed by atoms with Crippen LogP contribution in [0.1, 0.15) is 36.3 Å². The number of carboxylic acid groups (broad SMARTS) is 1. The highest BCUT2D eigenvalue weighted by Gasteiger charge is 2.55. The van der Waals surface area contributed by atoms with E-state index >= 15 is 0 Å². The molecule has 2 aromatic carbocycles.